The van der Waals surface area contributed by atoms with Crippen LogP contribution in [0, 0.1) is 23.7 Å². The number of hydrogen-bond donors (Lipinski definition) is 7. The first kappa shape index (κ1) is 68.7. The molecule has 20 heteroatoms. The summed E-state index contributed by atoms with van der Waals surface area (Å²) in [4.78, 5) is 132. The van der Waals surface area contributed by atoms with Gasteiger partial charge in [-0.3, -0.25) is 47.9 Å². The molecule has 0 saturated carbocycles. The highest BCUT2D eigenvalue weighted by molar-refractivity contribution is 5.85. The van der Waals surface area contributed by atoms with Crippen LogP contribution >= 0.6 is 0 Å². The second kappa shape index (κ2) is 43.0. The SMILES string of the molecule is CCC(CC)C(=O)NCCCN(CCCNC(=O)C(CC)CC)C(=O)CCC(=O)NCCCN(CCCNC(=O)CCC(=O)N(CCCNC(=O)C(CC)CC)CCCNC(=O)C(CC)CC)C(=O)CCC(=O)O. The van der Waals surface area contributed by atoms with Crippen LogP contribution in [-0.4, -0.2) is 157 Å². The quantitative estimate of drug-likeness (QED) is 0.0412. The van der Waals surface area contributed by atoms with E-state index in [1.165, 1.54) is 4.90 Å². The molecule has 0 atom stereocenters. The van der Waals surface area contributed by atoms with E-state index in [0.717, 1.165) is 51.4 Å². The lowest BCUT2D eigenvalue weighted by Crippen LogP contribution is -2.39. The van der Waals surface area contributed by atoms with Gasteiger partial charge < -0.3 is 51.7 Å². The molecule has 0 aliphatic carbocycles. The number of carbonyl (C=O) groups is 10. The largest absolute Gasteiger partial charge is 0.481 e. The van der Waals surface area contributed by atoms with Crippen LogP contribution in [0.5, 0.6) is 0 Å². The standard InChI is InChI=1S/C54H99N9O11/c1-9-41(10-2)51(71)57-31-19-37-61(38-20-32-58-52(72)42(11-3)12-4)47(66)25-23-45(64)55-29-17-35-63(49(68)27-28-50(69)70)36-18-30-56-46(65)24-26-48(67)62(39-21-33-59-53(73)43(13-5)14-6)40-22-34-60-54(74)44(15-7)16-8/h41-44H,9-40H2,1-8H3,(H,55,64)(H,56,65)(H,57,71)(H,58,72)(H,59,73)(H,60,74)(H,69,70). The van der Waals surface area contributed by atoms with Crippen molar-refractivity contribution in [3.8, 4) is 0 Å². The van der Waals surface area contributed by atoms with Gasteiger partial charge in [-0.25, -0.2) is 0 Å². The van der Waals surface area contributed by atoms with Crippen molar-refractivity contribution < 1.29 is 53.1 Å². The Morgan fingerprint density at radius 1 is 0.311 bits per heavy atom. The summed E-state index contributed by atoms with van der Waals surface area (Å²) in [6.45, 7) is 19.7. The number of nitrogens with one attached hydrogen (secondary N) is 6. The fraction of sp³-hybridized carbons (Fsp3) is 0.815. The number of amides is 9. The number of carboxylic acid groups (broad SMARTS) is 1. The average Bonchev–Trinajstić information content (AvgIpc) is 3.38. The van der Waals surface area contributed by atoms with E-state index in [0.29, 0.717) is 90.9 Å². The molecule has 0 aromatic carbocycles. The van der Waals surface area contributed by atoms with Crippen LogP contribution in [0.15, 0.2) is 0 Å². The Balaban J connectivity index is 5.25. The van der Waals surface area contributed by atoms with Crippen LogP contribution in [0.1, 0.15) is 184 Å². The Kier molecular flexibility index (Phi) is 39.9. The van der Waals surface area contributed by atoms with Crippen LogP contribution < -0.4 is 31.9 Å². The summed E-state index contributed by atoms with van der Waals surface area (Å²) in [6, 6.07) is 0. The van der Waals surface area contributed by atoms with Crippen molar-refractivity contribution in [2.75, 3.05) is 78.5 Å². The molecule has 0 aliphatic rings. The average molecular weight is 1050 g/mol. The van der Waals surface area contributed by atoms with Crippen molar-refractivity contribution in [2.24, 2.45) is 23.7 Å². The predicted molar refractivity (Wildman–Crippen MR) is 287 cm³/mol. The summed E-state index contributed by atoms with van der Waals surface area (Å²) in [5, 5.41) is 26.6. The molecule has 0 heterocycles. The van der Waals surface area contributed by atoms with Crippen LogP contribution in [0.4, 0.5) is 0 Å². The number of aliphatic carboxylic acids is 1. The molecule has 0 spiro atoms. The molecule has 0 aliphatic heterocycles. The minimum absolute atomic E-state index is 0.0102. The molecule has 0 aromatic heterocycles. The predicted octanol–water partition coefficient (Wildman–Crippen LogP) is 4.68. The molecular weight excluding hydrogens is 951 g/mol. The van der Waals surface area contributed by atoms with E-state index in [-0.39, 0.29) is 142 Å². The van der Waals surface area contributed by atoms with Gasteiger partial charge in [-0.2, -0.15) is 0 Å². The highest BCUT2D eigenvalue weighted by Gasteiger charge is 2.21. The lowest BCUT2D eigenvalue weighted by atomic mass is 10.0. The molecule has 20 nitrogen and oxygen atoms in total. The van der Waals surface area contributed by atoms with Crippen LogP contribution in [0.3, 0.4) is 0 Å². The smallest absolute Gasteiger partial charge is 0.303 e. The molecular formula is C54H99N9O11. The molecule has 0 fully saturated rings. The van der Waals surface area contributed by atoms with Gasteiger partial charge in [0.05, 0.1) is 6.42 Å². The lowest BCUT2D eigenvalue weighted by molar-refractivity contribution is -0.141. The molecule has 7 N–H and O–H groups in total. The first-order valence-electron chi connectivity index (χ1n) is 28.2. The second-order valence-electron chi connectivity index (χ2n) is 19.1. The van der Waals surface area contributed by atoms with Gasteiger partial charge >= 0.3 is 5.97 Å². The van der Waals surface area contributed by atoms with E-state index in [2.05, 4.69) is 31.9 Å². The molecule has 0 bridgehead atoms. The van der Waals surface area contributed by atoms with Crippen molar-refractivity contribution in [1.82, 2.24) is 46.6 Å². The van der Waals surface area contributed by atoms with Crippen LogP contribution in [0.25, 0.3) is 0 Å². The monoisotopic (exact) mass is 1050 g/mol. The topological polar surface area (TPSA) is 273 Å². The summed E-state index contributed by atoms with van der Waals surface area (Å²) in [5.41, 5.74) is 0. The first-order chi connectivity index (χ1) is 35.5. The van der Waals surface area contributed by atoms with Gasteiger partial charge in [0.25, 0.3) is 0 Å². The van der Waals surface area contributed by atoms with Gasteiger partial charge in [0.2, 0.25) is 53.2 Å². The number of nitrogens with zero attached hydrogens (tertiary/aromatic N) is 3. The number of rotatable bonds is 45. The van der Waals surface area contributed by atoms with Crippen molar-refractivity contribution >= 4 is 59.1 Å². The molecule has 426 valence electrons. The Hall–Kier alpha value is -5.30. The van der Waals surface area contributed by atoms with E-state index in [1.54, 1.807) is 9.80 Å². The van der Waals surface area contributed by atoms with E-state index in [9.17, 15) is 53.1 Å². The molecule has 0 unspecified atom stereocenters. The van der Waals surface area contributed by atoms with E-state index >= 15 is 0 Å². The molecule has 9 amide bonds. The Bertz CT molecular complexity index is 1500. The number of hydrogen-bond acceptors (Lipinski definition) is 10. The number of carboxylic acids is 1. The zero-order valence-electron chi connectivity index (χ0n) is 46.8. The number of carbonyl (C=O) groups excluding carboxylic acids is 9. The highest BCUT2D eigenvalue weighted by atomic mass is 16.4. The van der Waals surface area contributed by atoms with Crippen molar-refractivity contribution in [2.45, 2.75) is 184 Å². The van der Waals surface area contributed by atoms with Gasteiger partial charge in [-0.05, 0) is 89.9 Å². The van der Waals surface area contributed by atoms with Gasteiger partial charge in [-0.15, -0.1) is 0 Å². The maximum Gasteiger partial charge on any atom is 0.303 e. The lowest BCUT2D eigenvalue weighted by Gasteiger charge is -2.24. The molecule has 74 heavy (non-hydrogen) atoms. The molecule has 0 aromatic rings. The zero-order chi connectivity index (χ0) is 55.7. The molecule has 0 radical (unpaired) electrons. The van der Waals surface area contributed by atoms with Crippen LogP contribution in [-0.2, 0) is 47.9 Å². The molecule has 0 saturated heterocycles. The Morgan fingerprint density at radius 2 is 0.514 bits per heavy atom. The van der Waals surface area contributed by atoms with E-state index in [4.69, 9.17) is 0 Å². The van der Waals surface area contributed by atoms with Gasteiger partial charge in [0.1, 0.15) is 0 Å². The van der Waals surface area contributed by atoms with Gasteiger partial charge in [0, 0.05) is 134 Å². The molecule has 0 rings (SSSR count). The summed E-state index contributed by atoms with van der Waals surface area (Å²) >= 11 is 0. The minimum atomic E-state index is -1.11. The maximum atomic E-state index is 13.4. The summed E-state index contributed by atoms with van der Waals surface area (Å²) in [7, 11) is 0. The van der Waals surface area contributed by atoms with Crippen LogP contribution in [0.2, 0.25) is 0 Å². The Morgan fingerprint density at radius 3 is 0.716 bits per heavy atom. The third-order valence-corrected chi connectivity index (χ3v) is 13.6. The van der Waals surface area contributed by atoms with Crippen molar-refractivity contribution in [1.29, 1.82) is 0 Å². The van der Waals surface area contributed by atoms with E-state index in [1.807, 2.05) is 55.4 Å². The fourth-order valence-corrected chi connectivity index (χ4v) is 8.53. The summed E-state index contributed by atoms with van der Waals surface area (Å²) in [5.74, 6) is -2.90. The van der Waals surface area contributed by atoms with Crippen molar-refractivity contribution in [3.05, 3.63) is 0 Å². The Labute approximate surface area is 443 Å². The third-order valence-electron chi connectivity index (χ3n) is 13.6. The zero-order valence-corrected chi connectivity index (χ0v) is 46.8. The second-order valence-corrected chi connectivity index (χ2v) is 19.1. The highest BCUT2D eigenvalue weighted by Crippen LogP contribution is 2.11. The van der Waals surface area contributed by atoms with E-state index < -0.39 is 5.97 Å². The van der Waals surface area contributed by atoms with Gasteiger partial charge in [-0.1, -0.05) is 55.4 Å². The summed E-state index contributed by atoms with van der Waals surface area (Å²) < 4.78 is 0. The fourth-order valence-electron chi connectivity index (χ4n) is 8.53. The van der Waals surface area contributed by atoms with Crippen molar-refractivity contribution in [3.63, 3.8) is 0 Å². The normalized spacial score (nSPS) is 11.1. The third kappa shape index (κ3) is 31.4. The minimum Gasteiger partial charge on any atom is -0.481 e. The maximum absolute atomic E-state index is 13.4. The first-order valence-corrected chi connectivity index (χ1v) is 28.2. The summed E-state index contributed by atoms with van der Waals surface area (Å²) in [6.07, 6.45) is 8.01. The van der Waals surface area contributed by atoms with Gasteiger partial charge in [0.15, 0.2) is 0 Å².